The summed E-state index contributed by atoms with van der Waals surface area (Å²) in [7, 11) is -3.14. The topological polar surface area (TPSA) is 66.5 Å². The Hall–Kier alpha value is -1.54. The van der Waals surface area contributed by atoms with Gasteiger partial charge >= 0.3 is 0 Å². The normalized spacial score (nSPS) is 20.1. The van der Waals surface area contributed by atoms with E-state index < -0.39 is 27.6 Å². The van der Waals surface area contributed by atoms with Crippen LogP contribution in [0.1, 0.15) is 36.0 Å². The zero-order valence-electron chi connectivity index (χ0n) is 13.2. The van der Waals surface area contributed by atoms with Crippen LogP contribution in [0.5, 0.6) is 0 Å². The molecule has 24 heavy (non-hydrogen) atoms. The summed E-state index contributed by atoms with van der Waals surface area (Å²) in [5.74, 6) is -2.05. The molecule has 1 N–H and O–H groups in total. The molecule has 1 aliphatic heterocycles. The number of carbonyl (C=O) groups is 1. The van der Waals surface area contributed by atoms with E-state index >= 15 is 0 Å². The maximum atomic E-state index is 13.6. The summed E-state index contributed by atoms with van der Waals surface area (Å²) in [4.78, 5) is 12.0. The van der Waals surface area contributed by atoms with Crippen LogP contribution >= 0.6 is 0 Å². The molecule has 2 aliphatic rings. The zero-order valence-corrected chi connectivity index (χ0v) is 14.0. The molecule has 0 bridgehead atoms. The molecule has 0 spiro atoms. The van der Waals surface area contributed by atoms with E-state index in [1.807, 2.05) is 0 Å². The molecule has 3 rings (SSSR count). The van der Waals surface area contributed by atoms with E-state index in [-0.39, 0.29) is 16.7 Å². The van der Waals surface area contributed by atoms with Gasteiger partial charge in [-0.15, -0.1) is 0 Å². The Kier molecular flexibility index (Phi) is 4.87. The number of benzene rings is 1. The zero-order chi connectivity index (χ0) is 17.3. The van der Waals surface area contributed by atoms with Gasteiger partial charge in [0.05, 0.1) is 10.8 Å². The number of rotatable bonds is 5. The van der Waals surface area contributed by atoms with Crippen molar-refractivity contribution in [3.8, 4) is 0 Å². The minimum Gasteiger partial charge on any atom is -0.352 e. The summed E-state index contributed by atoms with van der Waals surface area (Å²) in [5.41, 5.74) is -0.190. The van der Waals surface area contributed by atoms with E-state index in [4.69, 9.17) is 0 Å². The van der Waals surface area contributed by atoms with Crippen molar-refractivity contribution in [2.75, 3.05) is 19.6 Å². The average molecular weight is 358 g/mol. The number of nitrogens with zero attached hydrogens (tertiary/aromatic N) is 1. The van der Waals surface area contributed by atoms with Crippen LogP contribution in [0.4, 0.5) is 8.78 Å². The second-order valence-electron chi connectivity index (χ2n) is 6.42. The fraction of sp³-hybridized carbons (Fsp3) is 0.562. The molecule has 132 valence electrons. The number of nitrogens with one attached hydrogen (secondary N) is 1. The summed E-state index contributed by atoms with van der Waals surface area (Å²) < 4.78 is 52.3. The maximum absolute atomic E-state index is 13.6. The van der Waals surface area contributed by atoms with Gasteiger partial charge in [0, 0.05) is 25.7 Å². The molecule has 8 heteroatoms. The molecule has 1 saturated carbocycles. The summed E-state index contributed by atoms with van der Waals surface area (Å²) in [5, 5.41) is 2.45. The van der Waals surface area contributed by atoms with Crippen molar-refractivity contribution in [2.45, 2.75) is 30.9 Å². The summed E-state index contributed by atoms with van der Waals surface area (Å²) in [6.45, 7) is 1.28. The fourth-order valence-electron chi connectivity index (χ4n) is 2.95. The van der Waals surface area contributed by atoms with Gasteiger partial charge < -0.3 is 5.32 Å². The van der Waals surface area contributed by atoms with Crippen molar-refractivity contribution < 1.29 is 22.0 Å². The van der Waals surface area contributed by atoms with Crippen LogP contribution in [0.25, 0.3) is 0 Å². The molecule has 1 heterocycles. The van der Waals surface area contributed by atoms with Crippen molar-refractivity contribution in [2.24, 2.45) is 5.92 Å². The van der Waals surface area contributed by atoms with Gasteiger partial charge in [-0.05, 0) is 43.7 Å². The van der Waals surface area contributed by atoms with Gasteiger partial charge in [-0.2, -0.15) is 0 Å². The molecular formula is C16H20F2N2O3S. The van der Waals surface area contributed by atoms with Crippen molar-refractivity contribution in [1.82, 2.24) is 9.62 Å². The van der Waals surface area contributed by atoms with Crippen LogP contribution in [0, 0.1) is 17.6 Å². The third-order valence-electron chi connectivity index (χ3n) is 4.61. The van der Waals surface area contributed by atoms with Crippen molar-refractivity contribution in [3.63, 3.8) is 0 Å². The third kappa shape index (κ3) is 3.75. The second kappa shape index (κ2) is 6.76. The second-order valence-corrected chi connectivity index (χ2v) is 8.63. The van der Waals surface area contributed by atoms with E-state index in [9.17, 15) is 22.0 Å². The Labute approximate surface area is 140 Å². The van der Waals surface area contributed by atoms with Crippen molar-refractivity contribution >= 4 is 15.9 Å². The van der Waals surface area contributed by atoms with E-state index in [2.05, 4.69) is 5.32 Å². The van der Waals surface area contributed by atoms with Gasteiger partial charge in [0.2, 0.25) is 10.0 Å². The molecule has 0 unspecified atom stereocenters. The van der Waals surface area contributed by atoms with Crippen molar-refractivity contribution in [3.05, 3.63) is 35.4 Å². The molecule has 1 amide bonds. The highest BCUT2D eigenvalue weighted by Crippen LogP contribution is 2.33. The van der Waals surface area contributed by atoms with Gasteiger partial charge in [-0.25, -0.2) is 21.5 Å². The number of hydrogen-bond acceptors (Lipinski definition) is 3. The van der Waals surface area contributed by atoms with E-state index in [1.54, 1.807) is 4.31 Å². The summed E-state index contributed by atoms with van der Waals surface area (Å²) >= 11 is 0. The molecule has 0 radical (unpaired) electrons. The third-order valence-corrected chi connectivity index (χ3v) is 7.00. The van der Waals surface area contributed by atoms with Gasteiger partial charge in [0.15, 0.2) is 0 Å². The van der Waals surface area contributed by atoms with Crippen molar-refractivity contribution in [1.29, 1.82) is 0 Å². The van der Waals surface area contributed by atoms with Gasteiger partial charge in [0.1, 0.15) is 11.6 Å². The molecule has 2 fully saturated rings. The molecule has 1 aromatic rings. The molecule has 1 saturated heterocycles. The minimum absolute atomic E-state index is 0.156. The lowest BCUT2D eigenvalue weighted by Gasteiger charge is -2.31. The Balaban J connectivity index is 1.49. The Morgan fingerprint density at radius 2 is 1.83 bits per heavy atom. The highest BCUT2D eigenvalue weighted by atomic mass is 32.2. The van der Waals surface area contributed by atoms with Gasteiger partial charge in [-0.1, -0.05) is 0 Å². The Morgan fingerprint density at radius 3 is 2.42 bits per heavy atom. The first-order chi connectivity index (χ1) is 11.4. The first-order valence-electron chi connectivity index (χ1n) is 8.10. The first-order valence-corrected chi connectivity index (χ1v) is 9.60. The predicted molar refractivity (Wildman–Crippen MR) is 84.9 cm³/mol. The number of carbonyl (C=O) groups excluding carboxylic acids is 1. The monoisotopic (exact) mass is 358 g/mol. The number of sulfonamides is 1. The summed E-state index contributed by atoms with van der Waals surface area (Å²) in [6, 6.07) is 2.83. The van der Waals surface area contributed by atoms with Gasteiger partial charge in [-0.3, -0.25) is 4.79 Å². The number of amides is 1. The highest BCUT2D eigenvalue weighted by molar-refractivity contribution is 7.90. The lowest BCUT2D eigenvalue weighted by atomic mass is 9.98. The highest BCUT2D eigenvalue weighted by Gasteiger charge is 2.41. The lowest BCUT2D eigenvalue weighted by Crippen LogP contribution is -2.42. The standard InChI is InChI=1S/C16H20F2N2O3S/c17-12-1-4-14(15(18)9-12)16(21)19-10-11-5-7-20(8-6-11)24(22,23)13-2-3-13/h1,4,9,11,13H,2-3,5-8,10H2,(H,19,21). The maximum Gasteiger partial charge on any atom is 0.254 e. The average Bonchev–Trinajstić information content (AvgIpc) is 3.38. The van der Waals surface area contributed by atoms with Gasteiger partial charge in [0.25, 0.3) is 5.91 Å². The number of hydrogen-bond donors (Lipinski definition) is 1. The molecule has 0 aromatic heterocycles. The molecule has 0 atom stereocenters. The lowest BCUT2D eigenvalue weighted by molar-refractivity contribution is 0.0937. The number of piperidine rings is 1. The molecule has 1 aliphatic carbocycles. The van der Waals surface area contributed by atoms with E-state index in [1.165, 1.54) is 0 Å². The molecule has 1 aromatic carbocycles. The quantitative estimate of drug-likeness (QED) is 0.874. The largest absolute Gasteiger partial charge is 0.352 e. The Morgan fingerprint density at radius 1 is 1.17 bits per heavy atom. The van der Waals surface area contributed by atoms with Crippen LogP contribution < -0.4 is 5.32 Å². The van der Waals surface area contributed by atoms with E-state index in [0.29, 0.717) is 38.5 Å². The molecular weight excluding hydrogens is 338 g/mol. The fourth-order valence-corrected chi connectivity index (χ4v) is 4.82. The van der Waals surface area contributed by atoms with E-state index in [0.717, 1.165) is 25.0 Å². The van der Waals surface area contributed by atoms with Crippen LogP contribution in [0.3, 0.4) is 0 Å². The molecule has 5 nitrogen and oxygen atoms in total. The minimum atomic E-state index is -3.14. The Bertz CT molecular complexity index is 727. The first kappa shape index (κ1) is 17.3. The predicted octanol–water partition coefficient (Wildman–Crippen LogP) is 1.90. The van der Waals surface area contributed by atoms with Crippen LogP contribution in [-0.2, 0) is 10.0 Å². The smallest absolute Gasteiger partial charge is 0.254 e. The summed E-state index contributed by atoms with van der Waals surface area (Å²) in [6.07, 6.45) is 2.83. The number of halogens is 2. The van der Waals surface area contributed by atoms with Crippen LogP contribution in [0.2, 0.25) is 0 Å². The van der Waals surface area contributed by atoms with Crippen LogP contribution in [0.15, 0.2) is 18.2 Å². The SMILES string of the molecule is O=C(NCC1CCN(S(=O)(=O)C2CC2)CC1)c1ccc(F)cc1F. The van der Waals surface area contributed by atoms with Crippen LogP contribution in [-0.4, -0.2) is 43.5 Å².